The molecule has 1 unspecified atom stereocenters. The molecule has 0 fully saturated rings. The van der Waals surface area contributed by atoms with Crippen molar-refractivity contribution < 1.29 is 13.5 Å². The quantitative estimate of drug-likeness (QED) is 0.805. The van der Waals surface area contributed by atoms with Gasteiger partial charge < -0.3 is 5.11 Å². The zero-order chi connectivity index (χ0) is 12.9. The monoisotopic (exact) mass is 254 g/mol. The molecule has 0 saturated carbocycles. The number of nitriles is 1. The van der Waals surface area contributed by atoms with Gasteiger partial charge in [-0.25, -0.2) is 13.1 Å². The second kappa shape index (κ2) is 5.77. The van der Waals surface area contributed by atoms with E-state index in [1.165, 1.54) is 24.3 Å². The molecule has 0 heterocycles. The van der Waals surface area contributed by atoms with E-state index in [1.807, 2.05) is 6.07 Å². The molecule has 0 radical (unpaired) electrons. The van der Waals surface area contributed by atoms with Crippen molar-refractivity contribution in [3.05, 3.63) is 29.8 Å². The van der Waals surface area contributed by atoms with Crippen molar-refractivity contribution in [2.75, 3.05) is 6.54 Å². The average molecular weight is 254 g/mol. The summed E-state index contributed by atoms with van der Waals surface area (Å²) in [6.07, 6.45) is -0.209. The van der Waals surface area contributed by atoms with E-state index < -0.39 is 16.1 Å². The molecule has 0 saturated heterocycles. The standard InChI is InChI=1S/C11H14N2O3S/c1-2-10(14)8-13-17(15,16)11-5-3-9(7-12)4-6-11/h3-6,10,13-14H,2,8H2,1H3. The topological polar surface area (TPSA) is 90.2 Å². The number of benzene rings is 1. The first-order valence-electron chi connectivity index (χ1n) is 5.17. The minimum atomic E-state index is -3.61. The summed E-state index contributed by atoms with van der Waals surface area (Å²) < 4.78 is 25.8. The highest BCUT2D eigenvalue weighted by Gasteiger charge is 2.14. The molecule has 17 heavy (non-hydrogen) atoms. The summed E-state index contributed by atoms with van der Waals surface area (Å²) >= 11 is 0. The van der Waals surface area contributed by atoms with Crippen LogP contribution < -0.4 is 4.72 Å². The molecule has 1 atom stereocenters. The Balaban J connectivity index is 2.79. The van der Waals surface area contributed by atoms with E-state index in [9.17, 15) is 13.5 Å². The van der Waals surface area contributed by atoms with Gasteiger partial charge in [-0.2, -0.15) is 5.26 Å². The van der Waals surface area contributed by atoms with Crippen LogP contribution >= 0.6 is 0 Å². The molecule has 0 aromatic heterocycles. The molecule has 6 heteroatoms. The molecule has 0 aliphatic carbocycles. The molecule has 5 nitrogen and oxygen atoms in total. The number of aliphatic hydroxyl groups excluding tert-OH is 1. The first-order valence-corrected chi connectivity index (χ1v) is 6.66. The summed E-state index contributed by atoms with van der Waals surface area (Å²) in [5.74, 6) is 0. The molecule has 1 aromatic carbocycles. The summed E-state index contributed by atoms with van der Waals surface area (Å²) in [4.78, 5) is 0.0832. The lowest BCUT2D eigenvalue weighted by molar-refractivity contribution is 0.174. The fraction of sp³-hybridized carbons (Fsp3) is 0.364. The maximum absolute atomic E-state index is 11.7. The van der Waals surface area contributed by atoms with Crippen molar-refractivity contribution in [2.24, 2.45) is 0 Å². The summed E-state index contributed by atoms with van der Waals surface area (Å²) in [7, 11) is -3.61. The Morgan fingerprint density at radius 1 is 1.41 bits per heavy atom. The predicted octanol–water partition coefficient (Wildman–Crippen LogP) is 0.607. The van der Waals surface area contributed by atoms with Gasteiger partial charge in [-0.15, -0.1) is 0 Å². The highest BCUT2D eigenvalue weighted by atomic mass is 32.2. The minimum absolute atomic E-state index is 0.0150. The third-order valence-electron chi connectivity index (χ3n) is 2.27. The van der Waals surface area contributed by atoms with Crippen LogP contribution in [0.2, 0.25) is 0 Å². The van der Waals surface area contributed by atoms with Crippen LogP contribution in [-0.4, -0.2) is 26.2 Å². The second-order valence-corrected chi connectivity index (χ2v) is 5.32. The van der Waals surface area contributed by atoms with E-state index in [-0.39, 0.29) is 11.4 Å². The summed E-state index contributed by atoms with van der Waals surface area (Å²) in [6.45, 7) is 1.75. The van der Waals surface area contributed by atoms with Gasteiger partial charge >= 0.3 is 0 Å². The first kappa shape index (κ1) is 13.6. The van der Waals surface area contributed by atoms with Crippen molar-refractivity contribution in [1.29, 1.82) is 5.26 Å². The number of nitrogens with zero attached hydrogens (tertiary/aromatic N) is 1. The highest BCUT2D eigenvalue weighted by Crippen LogP contribution is 2.09. The van der Waals surface area contributed by atoms with Crippen molar-refractivity contribution in [3.63, 3.8) is 0 Å². The average Bonchev–Trinajstić information content (AvgIpc) is 2.36. The fourth-order valence-electron chi connectivity index (χ4n) is 1.14. The van der Waals surface area contributed by atoms with E-state index >= 15 is 0 Å². The van der Waals surface area contributed by atoms with E-state index in [0.29, 0.717) is 12.0 Å². The van der Waals surface area contributed by atoms with Crippen LogP contribution in [0.4, 0.5) is 0 Å². The van der Waals surface area contributed by atoms with E-state index in [4.69, 9.17) is 5.26 Å². The number of rotatable bonds is 5. The second-order valence-electron chi connectivity index (χ2n) is 3.55. The number of hydrogen-bond acceptors (Lipinski definition) is 4. The summed E-state index contributed by atoms with van der Waals surface area (Å²) in [5, 5.41) is 17.9. The number of hydrogen-bond donors (Lipinski definition) is 2. The van der Waals surface area contributed by atoms with E-state index in [1.54, 1.807) is 6.92 Å². The van der Waals surface area contributed by atoms with Gasteiger partial charge in [-0.1, -0.05) is 6.92 Å². The molecule has 1 rings (SSSR count). The van der Waals surface area contributed by atoms with Crippen LogP contribution in [0.3, 0.4) is 0 Å². The van der Waals surface area contributed by atoms with Crippen molar-refractivity contribution in [3.8, 4) is 6.07 Å². The number of nitrogens with one attached hydrogen (secondary N) is 1. The Morgan fingerprint density at radius 3 is 2.47 bits per heavy atom. The maximum Gasteiger partial charge on any atom is 0.240 e. The van der Waals surface area contributed by atoms with Crippen LogP contribution in [0.25, 0.3) is 0 Å². The van der Waals surface area contributed by atoms with Gasteiger partial charge in [0, 0.05) is 6.54 Å². The maximum atomic E-state index is 11.7. The number of aliphatic hydroxyl groups is 1. The molecule has 0 bridgehead atoms. The van der Waals surface area contributed by atoms with Crippen LogP contribution in [-0.2, 0) is 10.0 Å². The SMILES string of the molecule is CCC(O)CNS(=O)(=O)c1ccc(C#N)cc1. The molecular formula is C11H14N2O3S. The van der Waals surface area contributed by atoms with Crippen LogP contribution in [0, 0.1) is 11.3 Å². The normalized spacial score (nSPS) is 13.0. The van der Waals surface area contributed by atoms with Gasteiger partial charge in [-0.3, -0.25) is 0 Å². The lowest BCUT2D eigenvalue weighted by Gasteiger charge is -2.10. The van der Waals surface area contributed by atoms with Gasteiger partial charge in [0.15, 0.2) is 0 Å². The Kier molecular flexibility index (Phi) is 4.63. The lowest BCUT2D eigenvalue weighted by atomic mass is 10.2. The Bertz CT molecular complexity index is 503. The molecule has 0 spiro atoms. The number of sulfonamides is 1. The Labute approximate surface area is 101 Å². The largest absolute Gasteiger partial charge is 0.392 e. The van der Waals surface area contributed by atoms with Gasteiger partial charge in [0.2, 0.25) is 10.0 Å². The Morgan fingerprint density at radius 2 is 2.00 bits per heavy atom. The highest BCUT2D eigenvalue weighted by molar-refractivity contribution is 7.89. The molecule has 0 amide bonds. The van der Waals surface area contributed by atoms with Crippen LogP contribution in [0.15, 0.2) is 29.2 Å². The van der Waals surface area contributed by atoms with E-state index in [2.05, 4.69) is 4.72 Å². The molecule has 92 valence electrons. The molecule has 1 aromatic rings. The third-order valence-corrected chi connectivity index (χ3v) is 3.71. The lowest BCUT2D eigenvalue weighted by Crippen LogP contribution is -2.31. The zero-order valence-corrected chi connectivity index (χ0v) is 10.2. The summed E-state index contributed by atoms with van der Waals surface area (Å²) in [6, 6.07) is 7.50. The fourth-order valence-corrected chi connectivity index (χ4v) is 2.22. The predicted molar refractivity (Wildman–Crippen MR) is 62.6 cm³/mol. The zero-order valence-electron chi connectivity index (χ0n) is 9.42. The third kappa shape index (κ3) is 3.82. The Hall–Kier alpha value is -1.42. The van der Waals surface area contributed by atoms with Gasteiger partial charge in [0.1, 0.15) is 0 Å². The van der Waals surface area contributed by atoms with Crippen molar-refractivity contribution in [1.82, 2.24) is 4.72 Å². The summed E-state index contributed by atoms with van der Waals surface area (Å²) in [5.41, 5.74) is 0.401. The van der Waals surface area contributed by atoms with Crippen molar-refractivity contribution >= 4 is 10.0 Å². The minimum Gasteiger partial charge on any atom is -0.392 e. The smallest absolute Gasteiger partial charge is 0.240 e. The van der Waals surface area contributed by atoms with Gasteiger partial charge in [0.25, 0.3) is 0 Å². The van der Waals surface area contributed by atoms with Crippen molar-refractivity contribution in [2.45, 2.75) is 24.3 Å². The van der Waals surface area contributed by atoms with Crippen LogP contribution in [0.5, 0.6) is 0 Å². The molecule has 2 N–H and O–H groups in total. The van der Waals surface area contributed by atoms with Gasteiger partial charge in [0.05, 0.1) is 22.6 Å². The molecular weight excluding hydrogens is 240 g/mol. The first-order chi connectivity index (χ1) is 7.99. The molecule has 0 aliphatic heterocycles. The van der Waals surface area contributed by atoms with Gasteiger partial charge in [-0.05, 0) is 30.7 Å². The van der Waals surface area contributed by atoms with E-state index in [0.717, 1.165) is 0 Å². The molecule has 0 aliphatic rings. The van der Waals surface area contributed by atoms with Crippen LogP contribution in [0.1, 0.15) is 18.9 Å².